The van der Waals surface area contributed by atoms with E-state index in [9.17, 15) is 0 Å². The van der Waals surface area contributed by atoms with Gasteiger partial charge in [-0.05, 0) is 11.1 Å². The lowest BCUT2D eigenvalue weighted by molar-refractivity contribution is 0.790. The highest BCUT2D eigenvalue weighted by molar-refractivity contribution is 6.75. The summed E-state index contributed by atoms with van der Waals surface area (Å²) < 4.78 is 0. The summed E-state index contributed by atoms with van der Waals surface area (Å²) in [5.41, 5.74) is 1.76. The van der Waals surface area contributed by atoms with Gasteiger partial charge in [0.2, 0.25) is 0 Å². The molecule has 0 N–H and O–H groups in total. The van der Waals surface area contributed by atoms with Crippen molar-refractivity contribution in [3.63, 3.8) is 0 Å². The minimum atomic E-state index is -0.379. The molecule has 0 heterocycles. The molecule has 2 atom stereocenters. The van der Waals surface area contributed by atoms with E-state index in [2.05, 4.69) is 58.0 Å². The maximum Gasteiger partial charge on any atom is 0.0915 e. The summed E-state index contributed by atoms with van der Waals surface area (Å²) >= 11 is 0. The Kier molecular flexibility index (Phi) is 5.10. The first-order valence-corrected chi connectivity index (χ1v) is 7.78. The van der Waals surface area contributed by atoms with Crippen molar-refractivity contribution in [2.24, 2.45) is 0 Å². The van der Waals surface area contributed by atoms with Crippen LogP contribution >= 0.6 is 0 Å². The lowest BCUT2D eigenvalue weighted by atomic mass is 10.3. The van der Waals surface area contributed by atoms with Gasteiger partial charge in [0.25, 0.3) is 0 Å². The molecule has 0 saturated carbocycles. The van der Waals surface area contributed by atoms with E-state index in [1.165, 1.54) is 12.8 Å². The van der Waals surface area contributed by atoms with Crippen molar-refractivity contribution in [2.75, 3.05) is 0 Å². The number of rotatable bonds is 5. The molecular weight excluding hydrogens is 196 g/mol. The highest BCUT2D eigenvalue weighted by atomic mass is 28.3. The first-order valence-electron chi connectivity index (χ1n) is 6.12. The summed E-state index contributed by atoms with van der Waals surface area (Å²) in [6.07, 6.45) is 2.63. The predicted octanol–water partition coefficient (Wildman–Crippen LogP) is 3.99. The average Bonchev–Trinajstić information content (AvgIpc) is 2.30. The molecule has 1 radical (unpaired) electrons. The van der Waals surface area contributed by atoms with E-state index in [-0.39, 0.29) is 8.80 Å². The molecule has 0 aliphatic heterocycles. The van der Waals surface area contributed by atoms with Crippen molar-refractivity contribution >= 4 is 14.0 Å². The SMILES string of the molecule is CCC(C)[Si](c1ccccc1)C(C)CC. The Labute approximate surface area is 96.3 Å². The third-order valence-electron chi connectivity index (χ3n) is 3.39. The average molecular weight is 219 g/mol. The third-order valence-corrected chi connectivity index (χ3v) is 7.33. The van der Waals surface area contributed by atoms with Crippen molar-refractivity contribution in [3.8, 4) is 0 Å². The Bertz CT molecular complexity index is 258. The number of hydrogen-bond acceptors (Lipinski definition) is 0. The lowest BCUT2D eigenvalue weighted by Crippen LogP contribution is -2.37. The van der Waals surface area contributed by atoms with Crippen LogP contribution in [0.4, 0.5) is 0 Å². The van der Waals surface area contributed by atoms with Gasteiger partial charge < -0.3 is 0 Å². The Hall–Kier alpha value is -0.563. The summed E-state index contributed by atoms with van der Waals surface area (Å²) in [5.74, 6) is 0. The summed E-state index contributed by atoms with van der Waals surface area (Å²) in [6.45, 7) is 9.49. The second-order valence-corrected chi connectivity index (χ2v) is 7.90. The largest absolute Gasteiger partial charge is 0.0915 e. The first-order chi connectivity index (χ1) is 7.20. The second-order valence-electron chi connectivity index (χ2n) is 4.44. The summed E-state index contributed by atoms with van der Waals surface area (Å²) in [7, 11) is -0.379. The zero-order valence-corrected chi connectivity index (χ0v) is 11.5. The molecule has 0 bridgehead atoms. The molecule has 0 nitrogen and oxygen atoms in total. The molecule has 2 unspecified atom stereocenters. The van der Waals surface area contributed by atoms with Gasteiger partial charge in [0.15, 0.2) is 0 Å². The standard InChI is InChI=1S/C14H23Si/c1-5-12(3)15(13(4)6-2)14-10-8-7-9-11-14/h7-13H,5-6H2,1-4H3. The fourth-order valence-corrected chi connectivity index (χ4v) is 5.69. The molecule has 0 fully saturated rings. The van der Waals surface area contributed by atoms with Crippen LogP contribution in [0, 0.1) is 0 Å². The molecule has 0 aliphatic rings. The highest BCUT2D eigenvalue weighted by Crippen LogP contribution is 2.25. The molecule has 83 valence electrons. The summed E-state index contributed by atoms with van der Waals surface area (Å²) in [4.78, 5) is 0. The van der Waals surface area contributed by atoms with Crippen LogP contribution in [-0.2, 0) is 0 Å². The van der Waals surface area contributed by atoms with E-state index in [1.807, 2.05) is 0 Å². The van der Waals surface area contributed by atoms with Crippen molar-refractivity contribution < 1.29 is 0 Å². The van der Waals surface area contributed by atoms with Crippen LogP contribution < -0.4 is 5.19 Å². The van der Waals surface area contributed by atoms with Gasteiger partial charge in [-0.25, -0.2) is 0 Å². The first kappa shape index (κ1) is 12.5. The van der Waals surface area contributed by atoms with Crippen LogP contribution in [-0.4, -0.2) is 8.80 Å². The van der Waals surface area contributed by atoms with Crippen molar-refractivity contribution in [3.05, 3.63) is 30.3 Å². The highest BCUT2D eigenvalue weighted by Gasteiger charge is 2.25. The van der Waals surface area contributed by atoms with Gasteiger partial charge in [-0.15, -0.1) is 0 Å². The topological polar surface area (TPSA) is 0 Å². The van der Waals surface area contributed by atoms with Crippen LogP contribution in [0.25, 0.3) is 0 Å². The quantitative estimate of drug-likeness (QED) is 0.657. The second kappa shape index (κ2) is 6.11. The van der Waals surface area contributed by atoms with E-state index in [0.717, 1.165) is 11.1 Å². The zero-order valence-electron chi connectivity index (χ0n) is 10.5. The molecular formula is C14H23Si. The minimum Gasteiger partial charge on any atom is -0.0654 e. The van der Waals surface area contributed by atoms with Crippen LogP contribution in [0.2, 0.25) is 11.1 Å². The molecule has 15 heavy (non-hydrogen) atoms. The molecule has 1 rings (SSSR count). The van der Waals surface area contributed by atoms with Crippen molar-refractivity contribution in [1.82, 2.24) is 0 Å². The monoisotopic (exact) mass is 219 g/mol. The fraction of sp³-hybridized carbons (Fsp3) is 0.571. The van der Waals surface area contributed by atoms with Crippen LogP contribution in [0.1, 0.15) is 40.5 Å². The minimum absolute atomic E-state index is 0.379. The van der Waals surface area contributed by atoms with Gasteiger partial charge in [0.1, 0.15) is 0 Å². The Balaban J connectivity index is 2.91. The van der Waals surface area contributed by atoms with E-state index in [4.69, 9.17) is 0 Å². The van der Waals surface area contributed by atoms with Crippen molar-refractivity contribution in [2.45, 2.75) is 51.6 Å². The number of benzene rings is 1. The van der Waals surface area contributed by atoms with Gasteiger partial charge in [0.05, 0.1) is 8.80 Å². The van der Waals surface area contributed by atoms with Gasteiger partial charge >= 0.3 is 0 Å². The molecule has 1 aromatic carbocycles. The summed E-state index contributed by atoms with van der Waals surface area (Å²) in [6, 6.07) is 11.1. The fourth-order valence-electron chi connectivity index (χ4n) is 2.13. The molecule has 0 amide bonds. The Morgan fingerprint density at radius 1 is 0.933 bits per heavy atom. The number of hydrogen-bond donors (Lipinski definition) is 0. The predicted molar refractivity (Wildman–Crippen MR) is 71.3 cm³/mol. The zero-order chi connectivity index (χ0) is 11.3. The lowest BCUT2D eigenvalue weighted by Gasteiger charge is -2.26. The molecule has 0 aromatic heterocycles. The van der Waals surface area contributed by atoms with Gasteiger partial charge in [-0.2, -0.15) is 0 Å². The van der Waals surface area contributed by atoms with Crippen LogP contribution in [0.15, 0.2) is 30.3 Å². The maximum absolute atomic E-state index is 2.42. The molecule has 1 aromatic rings. The van der Waals surface area contributed by atoms with Gasteiger partial charge in [-0.1, -0.05) is 76.1 Å². The van der Waals surface area contributed by atoms with E-state index >= 15 is 0 Å². The van der Waals surface area contributed by atoms with Gasteiger partial charge in [0, 0.05) is 0 Å². The molecule has 0 aliphatic carbocycles. The molecule has 1 heteroatoms. The normalized spacial score (nSPS) is 15.3. The maximum atomic E-state index is 2.42. The Morgan fingerprint density at radius 2 is 1.40 bits per heavy atom. The van der Waals surface area contributed by atoms with Crippen LogP contribution in [0.5, 0.6) is 0 Å². The van der Waals surface area contributed by atoms with Gasteiger partial charge in [-0.3, -0.25) is 0 Å². The Morgan fingerprint density at radius 3 is 1.80 bits per heavy atom. The van der Waals surface area contributed by atoms with E-state index in [1.54, 1.807) is 5.19 Å². The van der Waals surface area contributed by atoms with E-state index in [0.29, 0.717) is 0 Å². The van der Waals surface area contributed by atoms with Crippen molar-refractivity contribution in [1.29, 1.82) is 0 Å². The molecule has 0 spiro atoms. The van der Waals surface area contributed by atoms with Crippen LogP contribution in [0.3, 0.4) is 0 Å². The summed E-state index contributed by atoms with van der Waals surface area (Å²) in [5, 5.41) is 1.62. The third kappa shape index (κ3) is 3.20. The van der Waals surface area contributed by atoms with E-state index < -0.39 is 0 Å². The molecule has 0 saturated heterocycles. The smallest absolute Gasteiger partial charge is 0.0654 e.